The van der Waals surface area contributed by atoms with E-state index in [0.29, 0.717) is 6.42 Å². The predicted octanol–water partition coefficient (Wildman–Crippen LogP) is 4.08. The summed E-state index contributed by atoms with van der Waals surface area (Å²) < 4.78 is 5.48. The second kappa shape index (κ2) is 4.88. The first-order chi connectivity index (χ1) is 8.09. The Hall–Kier alpha value is -1.35. The molecule has 0 aliphatic heterocycles. The summed E-state index contributed by atoms with van der Waals surface area (Å²) in [6.45, 7) is 5.71. The highest BCUT2D eigenvalue weighted by atomic mass is 32.1. The predicted molar refractivity (Wildman–Crippen MR) is 69.9 cm³/mol. The Balaban J connectivity index is 2.10. The van der Waals surface area contributed by atoms with Crippen LogP contribution in [0, 0.1) is 20.8 Å². The van der Waals surface area contributed by atoms with Crippen LogP contribution in [0.2, 0.25) is 0 Å². The first-order valence-electron chi connectivity index (χ1n) is 5.70. The van der Waals surface area contributed by atoms with Gasteiger partial charge >= 0.3 is 0 Å². The molecular formula is C14H16O2S. The minimum atomic E-state index is 0.183. The van der Waals surface area contributed by atoms with Gasteiger partial charge in [0.25, 0.3) is 0 Å². The van der Waals surface area contributed by atoms with Crippen LogP contribution in [-0.4, -0.2) is 5.78 Å². The number of carbonyl (C=O) groups excluding carboxylic acids is 1. The molecule has 0 fully saturated rings. The van der Waals surface area contributed by atoms with E-state index >= 15 is 0 Å². The van der Waals surface area contributed by atoms with Gasteiger partial charge in [0.05, 0.1) is 5.56 Å². The Morgan fingerprint density at radius 2 is 2.06 bits per heavy atom. The minimum absolute atomic E-state index is 0.183. The molecule has 0 saturated carbocycles. The van der Waals surface area contributed by atoms with E-state index in [1.54, 1.807) is 11.3 Å². The summed E-state index contributed by atoms with van der Waals surface area (Å²) in [5.74, 6) is 1.78. The first-order valence-corrected chi connectivity index (χ1v) is 6.64. The molecule has 0 aliphatic rings. The van der Waals surface area contributed by atoms with Gasteiger partial charge in [-0.3, -0.25) is 4.79 Å². The zero-order chi connectivity index (χ0) is 12.4. The molecule has 2 aromatic rings. The lowest BCUT2D eigenvalue weighted by molar-refractivity contribution is 0.0981. The van der Waals surface area contributed by atoms with Crippen molar-refractivity contribution in [3.63, 3.8) is 0 Å². The fourth-order valence-corrected chi connectivity index (χ4v) is 2.72. The molecule has 2 nitrogen and oxygen atoms in total. The summed E-state index contributed by atoms with van der Waals surface area (Å²) in [4.78, 5) is 12.1. The molecular weight excluding hydrogens is 232 g/mol. The van der Waals surface area contributed by atoms with Gasteiger partial charge < -0.3 is 4.42 Å². The van der Waals surface area contributed by atoms with Crippen LogP contribution in [0.4, 0.5) is 0 Å². The van der Waals surface area contributed by atoms with Gasteiger partial charge in [-0.25, -0.2) is 0 Å². The van der Waals surface area contributed by atoms with E-state index in [9.17, 15) is 4.79 Å². The summed E-state index contributed by atoms with van der Waals surface area (Å²) in [6, 6.07) is 2.07. The molecule has 0 N–H and O–H groups in total. The van der Waals surface area contributed by atoms with Crippen molar-refractivity contribution >= 4 is 17.1 Å². The molecule has 0 radical (unpaired) electrons. The van der Waals surface area contributed by atoms with Crippen LogP contribution in [0.1, 0.15) is 39.4 Å². The second-order valence-electron chi connectivity index (χ2n) is 4.27. The van der Waals surface area contributed by atoms with Crippen LogP contribution in [-0.2, 0) is 6.42 Å². The minimum Gasteiger partial charge on any atom is -0.466 e. The normalized spacial score (nSPS) is 10.8. The van der Waals surface area contributed by atoms with Crippen molar-refractivity contribution < 1.29 is 9.21 Å². The second-order valence-corrected chi connectivity index (χ2v) is 5.05. The Morgan fingerprint density at radius 3 is 2.59 bits per heavy atom. The number of furan rings is 1. The van der Waals surface area contributed by atoms with Crippen molar-refractivity contribution in [2.75, 3.05) is 0 Å². The SMILES string of the molecule is Cc1oc(C)c(C(=O)CCc2ccsc2)c1C. The molecule has 0 aromatic carbocycles. The van der Waals surface area contributed by atoms with Gasteiger partial charge in [0.2, 0.25) is 0 Å². The Morgan fingerprint density at radius 1 is 1.29 bits per heavy atom. The zero-order valence-corrected chi connectivity index (χ0v) is 11.2. The molecule has 0 spiro atoms. The summed E-state index contributed by atoms with van der Waals surface area (Å²) in [5, 5.41) is 4.13. The van der Waals surface area contributed by atoms with E-state index < -0.39 is 0 Å². The number of Topliss-reactive ketones (excluding diaryl/α,β-unsaturated/α-hetero) is 1. The summed E-state index contributed by atoms with van der Waals surface area (Å²) in [6.07, 6.45) is 1.36. The average molecular weight is 248 g/mol. The van der Waals surface area contributed by atoms with Gasteiger partial charge in [-0.1, -0.05) is 0 Å². The lowest BCUT2D eigenvalue weighted by Crippen LogP contribution is -2.03. The highest BCUT2D eigenvalue weighted by molar-refractivity contribution is 7.07. The maximum atomic E-state index is 12.1. The number of hydrogen-bond acceptors (Lipinski definition) is 3. The van der Waals surface area contributed by atoms with E-state index in [4.69, 9.17) is 4.42 Å². The highest BCUT2D eigenvalue weighted by Crippen LogP contribution is 2.23. The molecule has 0 saturated heterocycles. The molecule has 0 atom stereocenters. The lowest BCUT2D eigenvalue weighted by Gasteiger charge is -2.00. The Bertz CT molecular complexity index is 521. The number of aryl methyl sites for hydroxylation is 3. The summed E-state index contributed by atoms with van der Waals surface area (Å²) in [7, 11) is 0. The molecule has 2 rings (SSSR count). The number of ketones is 1. The molecule has 0 unspecified atom stereocenters. The van der Waals surface area contributed by atoms with Gasteiger partial charge in [-0.15, -0.1) is 0 Å². The van der Waals surface area contributed by atoms with Crippen LogP contribution in [0.3, 0.4) is 0 Å². The van der Waals surface area contributed by atoms with E-state index in [2.05, 4.69) is 11.4 Å². The van der Waals surface area contributed by atoms with Gasteiger partial charge in [0.15, 0.2) is 5.78 Å². The van der Waals surface area contributed by atoms with Crippen LogP contribution in [0.25, 0.3) is 0 Å². The summed E-state index contributed by atoms with van der Waals surface area (Å²) >= 11 is 1.67. The third-order valence-electron chi connectivity index (χ3n) is 3.06. The Kier molecular flexibility index (Phi) is 3.48. The van der Waals surface area contributed by atoms with E-state index in [1.165, 1.54) is 5.56 Å². The topological polar surface area (TPSA) is 30.2 Å². The van der Waals surface area contributed by atoms with Gasteiger partial charge in [-0.2, -0.15) is 11.3 Å². The fourth-order valence-electron chi connectivity index (χ4n) is 2.02. The van der Waals surface area contributed by atoms with Crippen molar-refractivity contribution in [2.24, 2.45) is 0 Å². The number of carbonyl (C=O) groups is 1. The maximum absolute atomic E-state index is 12.1. The van der Waals surface area contributed by atoms with E-state index in [0.717, 1.165) is 29.1 Å². The average Bonchev–Trinajstić information content (AvgIpc) is 2.86. The number of hydrogen-bond donors (Lipinski definition) is 0. The standard InChI is InChI=1S/C14H16O2S/c1-9-10(2)16-11(3)14(9)13(15)5-4-12-6-7-17-8-12/h6-8H,4-5H2,1-3H3. The van der Waals surface area contributed by atoms with Gasteiger partial charge in [0.1, 0.15) is 11.5 Å². The maximum Gasteiger partial charge on any atom is 0.166 e. The number of rotatable bonds is 4. The molecule has 0 aliphatic carbocycles. The molecule has 90 valence electrons. The van der Waals surface area contributed by atoms with Crippen molar-refractivity contribution in [3.05, 3.63) is 45.0 Å². The van der Waals surface area contributed by atoms with Crippen LogP contribution < -0.4 is 0 Å². The lowest BCUT2D eigenvalue weighted by atomic mass is 10.0. The van der Waals surface area contributed by atoms with Gasteiger partial charge in [0, 0.05) is 12.0 Å². The molecule has 2 heterocycles. The zero-order valence-electron chi connectivity index (χ0n) is 10.4. The smallest absolute Gasteiger partial charge is 0.166 e. The van der Waals surface area contributed by atoms with Crippen molar-refractivity contribution in [2.45, 2.75) is 33.6 Å². The third-order valence-corrected chi connectivity index (χ3v) is 3.79. The molecule has 3 heteroatoms. The molecule has 17 heavy (non-hydrogen) atoms. The van der Waals surface area contributed by atoms with Crippen LogP contribution >= 0.6 is 11.3 Å². The highest BCUT2D eigenvalue weighted by Gasteiger charge is 2.17. The van der Waals surface area contributed by atoms with Crippen molar-refractivity contribution in [1.29, 1.82) is 0 Å². The quantitative estimate of drug-likeness (QED) is 0.763. The van der Waals surface area contributed by atoms with Gasteiger partial charge in [-0.05, 0) is 49.6 Å². The Labute approximate surface area is 105 Å². The largest absolute Gasteiger partial charge is 0.466 e. The number of thiophene rings is 1. The molecule has 2 aromatic heterocycles. The molecule has 0 bridgehead atoms. The van der Waals surface area contributed by atoms with Crippen LogP contribution in [0.15, 0.2) is 21.2 Å². The van der Waals surface area contributed by atoms with Crippen molar-refractivity contribution in [1.82, 2.24) is 0 Å². The molecule has 0 amide bonds. The fraction of sp³-hybridized carbons (Fsp3) is 0.357. The summed E-state index contributed by atoms with van der Waals surface area (Å²) in [5.41, 5.74) is 2.99. The van der Waals surface area contributed by atoms with Crippen molar-refractivity contribution in [3.8, 4) is 0 Å². The van der Waals surface area contributed by atoms with Crippen LogP contribution in [0.5, 0.6) is 0 Å². The first kappa shape index (κ1) is 12.1. The monoisotopic (exact) mass is 248 g/mol. The van der Waals surface area contributed by atoms with E-state index in [1.807, 2.05) is 26.2 Å². The third kappa shape index (κ3) is 2.50. The van der Waals surface area contributed by atoms with E-state index in [-0.39, 0.29) is 5.78 Å².